The number of carbonyl (C=O) groups is 1. The largest absolute Gasteiger partial charge is 0.493 e. The average molecular weight is 381 g/mol. The fourth-order valence-electron chi connectivity index (χ4n) is 2.40. The van der Waals surface area contributed by atoms with Crippen molar-refractivity contribution in [3.8, 4) is 28.6 Å². The third-order valence-electron chi connectivity index (χ3n) is 3.83. The van der Waals surface area contributed by atoms with Crippen LogP contribution in [0, 0.1) is 10.1 Å². The lowest BCUT2D eigenvalue weighted by Crippen LogP contribution is -2.10. The predicted molar refractivity (Wildman–Crippen MR) is 98.6 cm³/mol. The van der Waals surface area contributed by atoms with Gasteiger partial charge in [0.05, 0.1) is 30.4 Å². The minimum absolute atomic E-state index is 0.00702. The first kappa shape index (κ1) is 18.8. The molecule has 142 valence electrons. The zero-order chi connectivity index (χ0) is 20.1. The second-order valence-electron chi connectivity index (χ2n) is 5.52. The lowest BCUT2D eigenvalue weighted by atomic mass is 10.1. The number of carbonyl (C=O) groups excluding carboxylic acids is 1. The summed E-state index contributed by atoms with van der Waals surface area (Å²) in [6.07, 6.45) is 0. The molecule has 0 bridgehead atoms. The minimum atomic E-state index is -0.692. The molecule has 9 nitrogen and oxygen atoms in total. The van der Waals surface area contributed by atoms with Crippen molar-refractivity contribution in [1.29, 1.82) is 0 Å². The topological polar surface area (TPSA) is 114 Å². The van der Waals surface area contributed by atoms with Crippen molar-refractivity contribution >= 4 is 11.7 Å². The zero-order valence-electron chi connectivity index (χ0n) is 15.0. The van der Waals surface area contributed by atoms with Gasteiger partial charge >= 0.3 is 5.97 Å². The van der Waals surface area contributed by atoms with E-state index in [9.17, 15) is 14.9 Å². The summed E-state index contributed by atoms with van der Waals surface area (Å²) in [5, 5.41) is 18.6. The molecule has 1 heterocycles. The first-order chi connectivity index (χ1) is 13.5. The van der Waals surface area contributed by atoms with Gasteiger partial charge in [-0.25, -0.2) is 4.79 Å². The Morgan fingerprint density at radius 2 is 1.64 bits per heavy atom. The number of hydrogen-bond donors (Lipinski definition) is 0. The highest BCUT2D eigenvalue weighted by Crippen LogP contribution is 2.31. The number of ether oxygens (including phenoxy) is 3. The molecule has 0 atom stereocenters. The second-order valence-corrected chi connectivity index (χ2v) is 5.52. The van der Waals surface area contributed by atoms with Crippen molar-refractivity contribution in [2.75, 3.05) is 14.2 Å². The van der Waals surface area contributed by atoms with Crippen LogP contribution in [0.5, 0.6) is 17.4 Å². The molecule has 0 spiro atoms. The van der Waals surface area contributed by atoms with Crippen molar-refractivity contribution in [2.24, 2.45) is 0 Å². The lowest BCUT2D eigenvalue weighted by Gasteiger charge is -2.09. The third-order valence-corrected chi connectivity index (χ3v) is 3.83. The molecule has 0 fully saturated rings. The maximum atomic E-state index is 12.1. The third kappa shape index (κ3) is 4.04. The SMILES string of the molecule is COc1ccc(-c2ccc(OC(=O)c3ccc([N+](=O)[O-])cc3)nn2)cc1OC. The quantitative estimate of drug-likeness (QED) is 0.363. The Morgan fingerprint density at radius 3 is 2.21 bits per heavy atom. The first-order valence-electron chi connectivity index (χ1n) is 8.04. The number of benzene rings is 2. The van der Waals surface area contributed by atoms with Crippen molar-refractivity contribution in [1.82, 2.24) is 10.2 Å². The summed E-state index contributed by atoms with van der Waals surface area (Å²) in [5.74, 6) is 0.457. The van der Waals surface area contributed by atoms with Crippen LogP contribution in [0.25, 0.3) is 11.3 Å². The summed E-state index contributed by atoms with van der Waals surface area (Å²) in [6.45, 7) is 0. The highest BCUT2D eigenvalue weighted by atomic mass is 16.6. The standard InChI is InChI=1S/C19H15N3O6/c1-26-16-9-5-13(11-17(16)27-2)15-8-10-18(21-20-15)28-19(23)12-3-6-14(7-4-12)22(24)25/h3-11H,1-2H3. The molecule has 9 heteroatoms. The van der Waals surface area contributed by atoms with E-state index in [1.54, 1.807) is 31.4 Å². The number of nitrogens with zero attached hydrogens (tertiary/aromatic N) is 3. The van der Waals surface area contributed by atoms with E-state index in [0.717, 1.165) is 5.56 Å². The fraction of sp³-hybridized carbons (Fsp3) is 0.105. The van der Waals surface area contributed by atoms with Gasteiger partial charge < -0.3 is 14.2 Å². The molecular formula is C19H15N3O6. The van der Waals surface area contributed by atoms with Gasteiger partial charge in [-0.05, 0) is 36.4 Å². The Morgan fingerprint density at radius 1 is 0.929 bits per heavy atom. The molecule has 0 aliphatic carbocycles. The van der Waals surface area contributed by atoms with Crippen molar-refractivity contribution < 1.29 is 23.9 Å². The van der Waals surface area contributed by atoms with E-state index in [1.807, 2.05) is 0 Å². The molecule has 0 aliphatic rings. The summed E-state index contributed by atoms with van der Waals surface area (Å²) in [6, 6.07) is 13.5. The van der Waals surface area contributed by atoms with Gasteiger partial charge in [-0.2, -0.15) is 0 Å². The van der Waals surface area contributed by atoms with E-state index in [2.05, 4.69) is 10.2 Å². The van der Waals surface area contributed by atoms with E-state index in [1.165, 1.54) is 37.4 Å². The van der Waals surface area contributed by atoms with Crippen molar-refractivity contribution in [2.45, 2.75) is 0 Å². The van der Waals surface area contributed by atoms with Crippen molar-refractivity contribution in [3.63, 3.8) is 0 Å². The van der Waals surface area contributed by atoms with Gasteiger partial charge in [-0.3, -0.25) is 10.1 Å². The van der Waals surface area contributed by atoms with E-state index in [-0.39, 0.29) is 17.1 Å². The maximum Gasteiger partial charge on any atom is 0.344 e. The fourth-order valence-corrected chi connectivity index (χ4v) is 2.40. The monoisotopic (exact) mass is 381 g/mol. The van der Waals surface area contributed by atoms with Crippen LogP contribution < -0.4 is 14.2 Å². The van der Waals surface area contributed by atoms with Gasteiger partial charge in [-0.15, -0.1) is 10.2 Å². The van der Waals surface area contributed by atoms with Crippen LogP contribution in [-0.2, 0) is 0 Å². The normalized spacial score (nSPS) is 10.2. The average Bonchev–Trinajstić information content (AvgIpc) is 2.73. The minimum Gasteiger partial charge on any atom is -0.493 e. The number of methoxy groups -OCH3 is 2. The molecule has 0 aliphatic heterocycles. The molecule has 28 heavy (non-hydrogen) atoms. The summed E-state index contributed by atoms with van der Waals surface area (Å²) in [4.78, 5) is 22.2. The lowest BCUT2D eigenvalue weighted by molar-refractivity contribution is -0.384. The van der Waals surface area contributed by atoms with Crippen LogP contribution in [0.3, 0.4) is 0 Å². The summed E-state index contributed by atoms with van der Waals surface area (Å²) >= 11 is 0. The van der Waals surface area contributed by atoms with Gasteiger partial charge in [-0.1, -0.05) is 0 Å². The first-order valence-corrected chi connectivity index (χ1v) is 8.04. The van der Waals surface area contributed by atoms with Gasteiger partial charge in [0.25, 0.3) is 5.69 Å². The summed E-state index contributed by atoms with van der Waals surface area (Å²) in [7, 11) is 3.08. The Labute approximate surface area is 159 Å². The smallest absolute Gasteiger partial charge is 0.344 e. The molecule has 0 amide bonds. The van der Waals surface area contributed by atoms with Crippen LogP contribution in [0.15, 0.2) is 54.6 Å². The van der Waals surface area contributed by atoms with Crippen LogP contribution in [-0.4, -0.2) is 35.3 Å². The summed E-state index contributed by atoms with van der Waals surface area (Å²) in [5.41, 5.74) is 1.35. The van der Waals surface area contributed by atoms with Crippen LogP contribution in [0.4, 0.5) is 5.69 Å². The second kappa shape index (κ2) is 8.12. The molecule has 0 saturated carbocycles. The molecule has 1 aromatic heterocycles. The Balaban J connectivity index is 1.74. The van der Waals surface area contributed by atoms with Gasteiger partial charge in [0, 0.05) is 23.8 Å². The van der Waals surface area contributed by atoms with Gasteiger partial charge in [0.2, 0.25) is 5.88 Å². The highest BCUT2D eigenvalue weighted by molar-refractivity contribution is 5.91. The van der Waals surface area contributed by atoms with E-state index >= 15 is 0 Å². The van der Waals surface area contributed by atoms with E-state index in [0.29, 0.717) is 17.2 Å². The molecule has 0 unspecified atom stereocenters. The molecule has 0 N–H and O–H groups in total. The van der Waals surface area contributed by atoms with Crippen LogP contribution in [0.1, 0.15) is 10.4 Å². The number of non-ortho nitro benzene ring substituents is 1. The molecule has 3 aromatic rings. The maximum absolute atomic E-state index is 12.1. The highest BCUT2D eigenvalue weighted by Gasteiger charge is 2.13. The van der Waals surface area contributed by atoms with Gasteiger partial charge in [0.15, 0.2) is 11.5 Å². The molecule has 0 saturated heterocycles. The number of aromatic nitrogens is 2. The predicted octanol–water partition coefficient (Wildman–Crippen LogP) is 3.29. The Hall–Kier alpha value is -4.01. The summed E-state index contributed by atoms with van der Waals surface area (Å²) < 4.78 is 15.6. The molecule has 2 aromatic carbocycles. The number of rotatable bonds is 6. The van der Waals surface area contributed by atoms with Crippen molar-refractivity contribution in [3.05, 3.63) is 70.3 Å². The van der Waals surface area contributed by atoms with Crippen LogP contribution >= 0.6 is 0 Å². The number of nitro benzene ring substituents is 1. The Kier molecular flexibility index (Phi) is 5.45. The number of hydrogen-bond acceptors (Lipinski definition) is 8. The number of nitro groups is 1. The van der Waals surface area contributed by atoms with E-state index in [4.69, 9.17) is 14.2 Å². The zero-order valence-corrected chi connectivity index (χ0v) is 15.0. The number of esters is 1. The molecule has 3 rings (SSSR count). The molecular weight excluding hydrogens is 366 g/mol. The Bertz CT molecular complexity index is 1000. The van der Waals surface area contributed by atoms with Gasteiger partial charge in [0.1, 0.15) is 0 Å². The van der Waals surface area contributed by atoms with E-state index < -0.39 is 10.9 Å². The van der Waals surface area contributed by atoms with Crippen LogP contribution in [0.2, 0.25) is 0 Å². The molecule has 0 radical (unpaired) electrons.